The number of aryl methyl sites for hydroxylation is 1. The molecule has 1 aromatic carbocycles. The first kappa shape index (κ1) is 11.0. The summed E-state index contributed by atoms with van der Waals surface area (Å²) < 4.78 is 0. The molecule has 0 amide bonds. The van der Waals surface area contributed by atoms with Crippen LogP contribution < -0.4 is 5.73 Å². The highest BCUT2D eigenvalue weighted by atomic mass is 35.5. The number of nitrogens with two attached hydrogens (primary N) is 1. The van der Waals surface area contributed by atoms with Crippen molar-refractivity contribution in [3.63, 3.8) is 0 Å². The molecule has 2 rings (SSSR count). The number of benzene rings is 1. The molecule has 0 bridgehead atoms. The molecule has 0 spiro atoms. The number of halogens is 1. The minimum Gasteiger partial charge on any atom is -0.324 e. The van der Waals surface area contributed by atoms with Crippen LogP contribution in [-0.4, -0.2) is 5.54 Å². The quantitative estimate of drug-likeness (QED) is 0.817. The van der Waals surface area contributed by atoms with Gasteiger partial charge in [0.2, 0.25) is 0 Å². The van der Waals surface area contributed by atoms with Crippen molar-refractivity contribution in [1.82, 2.24) is 0 Å². The van der Waals surface area contributed by atoms with Gasteiger partial charge in [-0.1, -0.05) is 37.6 Å². The molecule has 0 saturated heterocycles. The highest BCUT2D eigenvalue weighted by Crippen LogP contribution is 2.51. The fourth-order valence-corrected chi connectivity index (χ4v) is 2.89. The first-order valence-electron chi connectivity index (χ1n) is 5.43. The average molecular weight is 224 g/mol. The van der Waals surface area contributed by atoms with Gasteiger partial charge in [0.15, 0.2) is 0 Å². The maximum absolute atomic E-state index is 6.34. The van der Waals surface area contributed by atoms with Gasteiger partial charge < -0.3 is 5.73 Å². The van der Waals surface area contributed by atoms with Crippen LogP contribution >= 0.6 is 11.6 Å². The highest BCUT2D eigenvalue weighted by molar-refractivity contribution is 6.31. The van der Waals surface area contributed by atoms with Crippen LogP contribution in [0.4, 0.5) is 0 Å². The summed E-state index contributed by atoms with van der Waals surface area (Å²) in [5, 5.41) is 0.844. The second-order valence-electron chi connectivity index (χ2n) is 5.21. The van der Waals surface area contributed by atoms with Gasteiger partial charge >= 0.3 is 0 Å². The Morgan fingerprint density at radius 1 is 1.33 bits per heavy atom. The molecule has 2 N–H and O–H groups in total. The normalized spacial score (nSPS) is 19.0. The van der Waals surface area contributed by atoms with Crippen molar-refractivity contribution < 1.29 is 0 Å². The third kappa shape index (κ3) is 1.58. The Kier molecular flexibility index (Phi) is 2.36. The highest BCUT2D eigenvalue weighted by Gasteiger charge is 2.52. The predicted molar refractivity (Wildman–Crippen MR) is 65.4 cm³/mol. The fraction of sp³-hybridized carbons (Fsp3) is 0.538. The molecular weight excluding hydrogens is 206 g/mol. The smallest absolute Gasteiger partial charge is 0.0446 e. The van der Waals surface area contributed by atoms with E-state index in [9.17, 15) is 0 Å². The van der Waals surface area contributed by atoms with E-state index >= 15 is 0 Å². The third-order valence-electron chi connectivity index (χ3n) is 3.88. The van der Waals surface area contributed by atoms with E-state index in [-0.39, 0.29) is 11.0 Å². The Bertz CT molecular complexity index is 371. The lowest BCUT2D eigenvalue weighted by molar-refractivity contribution is 0.389. The maximum atomic E-state index is 6.34. The van der Waals surface area contributed by atoms with Crippen molar-refractivity contribution in [1.29, 1.82) is 0 Å². The minimum atomic E-state index is -0.0528. The Hall–Kier alpha value is -0.530. The Morgan fingerprint density at radius 2 is 1.93 bits per heavy atom. The minimum absolute atomic E-state index is 0.0323. The lowest BCUT2D eigenvalue weighted by atomic mass is 9.74. The van der Waals surface area contributed by atoms with Crippen molar-refractivity contribution in [3.05, 3.63) is 34.3 Å². The van der Waals surface area contributed by atoms with Crippen LogP contribution in [0.5, 0.6) is 0 Å². The maximum Gasteiger partial charge on any atom is 0.0446 e. The van der Waals surface area contributed by atoms with Gasteiger partial charge in [-0.2, -0.15) is 0 Å². The SMILES string of the molecule is Cc1cccc(Cl)c1C(C)(C)C1(N)CC1. The zero-order valence-corrected chi connectivity index (χ0v) is 10.4. The van der Waals surface area contributed by atoms with Crippen molar-refractivity contribution in [2.75, 3.05) is 0 Å². The molecule has 0 unspecified atom stereocenters. The van der Waals surface area contributed by atoms with Crippen molar-refractivity contribution in [2.45, 2.75) is 44.6 Å². The third-order valence-corrected chi connectivity index (χ3v) is 4.20. The number of hydrogen-bond donors (Lipinski definition) is 1. The van der Waals surface area contributed by atoms with Gasteiger partial charge in [0.25, 0.3) is 0 Å². The average Bonchev–Trinajstić information content (AvgIpc) is 2.84. The molecule has 0 heterocycles. The molecule has 0 aromatic heterocycles. The fourth-order valence-electron chi connectivity index (χ4n) is 2.43. The summed E-state index contributed by atoms with van der Waals surface area (Å²) in [4.78, 5) is 0. The molecule has 15 heavy (non-hydrogen) atoms. The summed E-state index contributed by atoms with van der Waals surface area (Å²) in [6.07, 6.45) is 2.20. The van der Waals surface area contributed by atoms with Crippen LogP contribution in [0.2, 0.25) is 5.02 Å². The van der Waals surface area contributed by atoms with E-state index in [1.165, 1.54) is 11.1 Å². The van der Waals surface area contributed by atoms with Gasteiger partial charge in [-0.3, -0.25) is 0 Å². The largest absolute Gasteiger partial charge is 0.324 e. The van der Waals surface area contributed by atoms with Crippen LogP contribution in [0.1, 0.15) is 37.8 Å². The van der Waals surface area contributed by atoms with Crippen LogP contribution in [0, 0.1) is 6.92 Å². The number of rotatable bonds is 2. The van der Waals surface area contributed by atoms with Crippen LogP contribution in [0.3, 0.4) is 0 Å². The summed E-state index contributed by atoms with van der Waals surface area (Å²) in [7, 11) is 0. The molecule has 0 atom stereocenters. The molecular formula is C13H18ClN. The van der Waals surface area contributed by atoms with E-state index in [0.29, 0.717) is 0 Å². The van der Waals surface area contributed by atoms with Crippen LogP contribution in [0.15, 0.2) is 18.2 Å². The van der Waals surface area contributed by atoms with Crippen molar-refractivity contribution >= 4 is 11.6 Å². The van der Waals surface area contributed by atoms with Crippen LogP contribution in [-0.2, 0) is 5.41 Å². The topological polar surface area (TPSA) is 26.0 Å². The standard InChI is InChI=1S/C13H18ClN/c1-9-5-4-6-10(14)11(9)12(2,3)13(15)7-8-13/h4-6H,7-8,15H2,1-3H3. The first-order chi connectivity index (χ1) is 6.88. The van der Waals surface area contributed by atoms with Crippen LogP contribution in [0.25, 0.3) is 0 Å². The zero-order chi connectivity index (χ0) is 11.3. The molecule has 2 heteroatoms. The second-order valence-corrected chi connectivity index (χ2v) is 5.62. The predicted octanol–water partition coefficient (Wildman–Crippen LogP) is 3.42. The molecule has 1 aliphatic rings. The summed E-state index contributed by atoms with van der Waals surface area (Å²) in [6, 6.07) is 6.05. The van der Waals surface area contributed by atoms with Gasteiger partial charge in [-0.25, -0.2) is 0 Å². The summed E-state index contributed by atoms with van der Waals surface area (Å²) >= 11 is 6.29. The molecule has 0 aliphatic heterocycles. The van der Waals surface area contributed by atoms with Gasteiger partial charge in [-0.15, -0.1) is 0 Å². The lowest BCUT2D eigenvalue weighted by Crippen LogP contribution is -2.43. The molecule has 82 valence electrons. The molecule has 1 nitrogen and oxygen atoms in total. The van der Waals surface area contributed by atoms with E-state index in [4.69, 9.17) is 17.3 Å². The molecule has 1 fully saturated rings. The summed E-state index contributed by atoms with van der Waals surface area (Å²) in [5.41, 5.74) is 8.70. The lowest BCUT2D eigenvalue weighted by Gasteiger charge is -2.34. The second kappa shape index (κ2) is 3.23. The van der Waals surface area contributed by atoms with E-state index in [0.717, 1.165) is 17.9 Å². The van der Waals surface area contributed by atoms with Gasteiger partial charge in [0.05, 0.1) is 0 Å². The summed E-state index contributed by atoms with van der Waals surface area (Å²) in [5.74, 6) is 0. The van der Waals surface area contributed by atoms with Gasteiger partial charge in [-0.05, 0) is 37.0 Å². The van der Waals surface area contributed by atoms with Gasteiger partial charge in [0, 0.05) is 16.0 Å². The molecule has 0 radical (unpaired) electrons. The zero-order valence-electron chi connectivity index (χ0n) is 9.60. The summed E-state index contributed by atoms with van der Waals surface area (Å²) in [6.45, 7) is 6.51. The van der Waals surface area contributed by atoms with Crippen molar-refractivity contribution in [3.8, 4) is 0 Å². The van der Waals surface area contributed by atoms with Gasteiger partial charge in [0.1, 0.15) is 0 Å². The Balaban J connectivity index is 2.53. The van der Waals surface area contributed by atoms with E-state index in [1.807, 2.05) is 12.1 Å². The Morgan fingerprint density at radius 3 is 2.40 bits per heavy atom. The molecule has 1 saturated carbocycles. The Labute approximate surface area is 96.6 Å². The van der Waals surface area contributed by atoms with Crippen molar-refractivity contribution in [2.24, 2.45) is 5.73 Å². The number of hydrogen-bond acceptors (Lipinski definition) is 1. The van der Waals surface area contributed by atoms with E-state index in [1.54, 1.807) is 0 Å². The first-order valence-corrected chi connectivity index (χ1v) is 5.81. The monoisotopic (exact) mass is 223 g/mol. The molecule has 1 aromatic rings. The molecule has 1 aliphatic carbocycles. The van der Waals surface area contributed by atoms with E-state index in [2.05, 4.69) is 26.8 Å². The van der Waals surface area contributed by atoms with E-state index < -0.39 is 0 Å².